The number of nitrogens with two attached hydrogens (primary N) is 1. The Hall–Kier alpha value is -1.09. The summed E-state index contributed by atoms with van der Waals surface area (Å²) in [5.74, 6) is 0. The van der Waals surface area contributed by atoms with E-state index < -0.39 is 0 Å². The van der Waals surface area contributed by atoms with Crippen LogP contribution >= 0.6 is 0 Å². The first kappa shape index (κ1) is 11.4. The van der Waals surface area contributed by atoms with Gasteiger partial charge in [0.25, 0.3) is 0 Å². The highest BCUT2D eigenvalue weighted by molar-refractivity contribution is 5.20. The molecular formula is C13H21N3. The maximum Gasteiger partial charge on any atom is 0.0624 e. The normalized spacial score (nSPS) is 20.9. The maximum absolute atomic E-state index is 5.88. The summed E-state index contributed by atoms with van der Waals surface area (Å²) < 4.78 is 2.01. The molecule has 3 nitrogen and oxygen atoms in total. The Balaban J connectivity index is 2.06. The Bertz CT molecular complexity index is 390. The summed E-state index contributed by atoms with van der Waals surface area (Å²) in [6.07, 6.45) is 7.67. The van der Waals surface area contributed by atoms with E-state index >= 15 is 0 Å². The maximum atomic E-state index is 5.88. The highest BCUT2D eigenvalue weighted by atomic mass is 15.3. The van der Waals surface area contributed by atoms with E-state index in [4.69, 9.17) is 5.73 Å². The summed E-state index contributed by atoms with van der Waals surface area (Å²) in [7, 11) is 2.03. The number of hydrogen-bond donors (Lipinski definition) is 1. The Kier molecular flexibility index (Phi) is 3.44. The standard InChI is InChI=1S/C13H21N3/c1-3-12-9-13(16(2)15-12)8-10-4-6-11(14)7-5-10/h4,9,11H,3,5-8,14H2,1-2H3. The minimum atomic E-state index is 0.376. The highest BCUT2D eigenvalue weighted by Gasteiger charge is 2.12. The van der Waals surface area contributed by atoms with E-state index in [1.54, 1.807) is 0 Å². The third-order valence-corrected chi connectivity index (χ3v) is 3.34. The highest BCUT2D eigenvalue weighted by Crippen LogP contribution is 2.21. The van der Waals surface area contributed by atoms with Crippen LogP contribution in [0.4, 0.5) is 0 Å². The van der Waals surface area contributed by atoms with Crippen molar-refractivity contribution in [3.63, 3.8) is 0 Å². The molecule has 0 fully saturated rings. The number of allylic oxidation sites excluding steroid dienone is 1. The Morgan fingerprint density at radius 2 is 2.38 bits per heavy atom. The lowest BCUT2D eigenvalue weighted by molar-refractivity contribution is 0.579. The predicted molar refractivity (Wildman–Crippen MR) is 66.2 cm³/mol. The topological polar surface area (TPSA) is 43.8 Å². The van der Waals surface area contributed by atoms with Crippen LogP contribution in [0.2, 0.25) is 0 Å². The zero-order valence-electron chi connectivity index (χ0n) is 10.2. The summed E-state index contributed by atoms with van der Waals surface area (Å²) in [6, 6.07) is 2.59. The van der Waals surface area contributed by atoms with Crippen LogP contribution in [0.3, 0.4) is 0 Å². The van der Waals surface area contributed by atoms with Crippen molar-refractivity contribution in [3.8, 4) is 0 Å². The molecule has 1 unspecified atom stereocenters. The van der Waals surface area contributed by atoms with Gasteiger partial charge in [0.2, 0.25) is 0 Å². The molecule has 0 radical (unpaired) electrons. The molecule has 0 saturated heterocycles. The lowest BCUT2D eigenvalue weighted by atomic mass is 9.93. The van der Waals surface area contributed by atoms with E-state index in [1.807, 2.05) is 11.7 Å². The van der Waals surface area contributed by atoms with Gasteiger partial charge in [0, 0.05) is 25.2 Å². The van der Waals surface area contributed by atoms with Crippen LogP contribution in [0.15, 0.2) is 17.7 Å². The van der Waals surface area contributed by atoms with E-state index in [-0.39, 0.29) is 0 Å². The van der Waals surface area contributed by atoms with Crippen molar-refractivity contribution < 1.29 is 0 Å². The summed E-state index contributed by atoms with van der Waals surface area (Å²) in [6.45, 7) is 2.14. The van der Waals surface area contributed by atoms with Crippen molar-refractivity contribution in [3.05, 3.63) is 29.1 Å². The molecule has 1 aromatic rings. The van der Waals surface area contributed by atoms with Crippen LogP contribution < -0.4 is 5.73 Å². The van der Waals surface area contributed by atoms with Gasteiger partial charge in [-0.05, 0) is 31.7 Å². The molecule has 2 rings (SSSR count). The summed E-state index contributed by atoms with van der Waals surface area (Å²) in [5, 5.41) is 4.47. The van der Waals surface area contributed by atoms with E-state index in [0.29, 0.717) is 6.04 Å². The molecule has 0 saturated carbocycles. The fourth-order valence-electron chi connectivity index (χ4n) is 2.21. The average Bonchev–Trinajstić information content (AvgIpc) is 2.63. The summed E-state index contributed by atoms with van der Waals surface area (Å²) in [4.78, 5) is 0. The van der Waals surface area contributed by atoms with Gasteiger partial charge in [-0.2, -0.15) is 5.10 Å². The molecule has 1 aliphatic rings. The fraction of sp³-hybridized carbons (Fsp3) is 0.615. The van der Waals surface area contributed by atoms with E-state index in [1.165, 1.54) is 17.0 Å². The van der Waals surface area contributed by atoms with Gasteiger partial charge in [-0.15, -0.1) is 0 Å². The van der Waals surface area contributed by atoms with Crippen LogP contribution in [0.25, 0.3) is 0 Å². The zero-order valence-corrected chi connectivity index (χ0v) is 10.2. The van der Waals surface area contributed by atoms with Gasteiger partial charge in [-0.1, -0.05) is 18.6 Å². The van der Waals surface area contributed by atoms with Crippen molar-refractivity contribution in [1.82, 2.24) is 9.78 Å². The van der Waals surface area contributed by atoms with Gasteiger partial charge in [0.1, 0.15) is 0 Å². The monoisotopic (exact) mass is 219 g/mol. The number of rotatable bonds is 3. The molecule has 1 aromatic heterocycles. The van der Waals surface area contributed by atoms with E-state index in [0.717, 1.165) is 32.1 Å². The number of aryl methyl sites for hydroxylation is 2. The zero-order chi connectivity index (χ0) is 11.5. The average molecular weight is 219 g/mol. The molecule has 0 spiro atoms. The molecule has 1 atom stereocenters. The van der Waals surface area contributed by atoms with Gasteiger partial charge in [0.15, 0.2) is 0 Å². The molecule has 3 heteroatoms. The van der Waals surface area contributed by atoms with Crippen molar-refractivity contribution >= 4 is 0 Å². The Labute approximate surface area is 97.3 Å². The lowest BCUT2D eigenvalue weighted by Gasteiger charge is -2.18. The van der Waals surface area contributed by atoms with E-state index in [9.17, 15) is 0 Å². The Morgan fingerprint density at radius 1 is 1.56 bits per heavy atom. The molecule has 2 N–H and O–H groups in total. The van der Waals surface area contributed by atoms with Crippen molar-refractivity contribution in [1.29, 1.82) is 0 Å². The fourth-order valence-corrected chi connectivity index (χ4v) is 2.21. The number of nitrogens with zero attached hydrogens (tertiary/aromatic N) is 2. The largest absolute Gasteiger partial charge is 0.327 e. The second-order valence-electron chi connectivity index (χ2n) is 4.68. The third-order valence-electron chi connectivity index (χ3n) is 3.34. The molecule has 0 aromatic carbocycles. The smallest absolute Gasteiger partial charge is 0.0624 e. The van der Waals surface area contributed by atoms with Crippen LogP contribution in [0.1, 0.15) is 37.6 Å². The third kappa shape index (κ3) is 2.53. The molecule has 1 heterocycles. The molecule has 88 valence electrons. The van der Waals surface area contributed by atoms with Gasteiger partial charge >= 0.3 is 0 Å². The van der Waals surface area contributed by atoms with Crippen molar-refractivity contribution in [2.24, 2.45) is 12.8 Å². The molecule has 1 aliphatic carbocycles. The van der Waals surface area contributed by atoms with Gasteiger partial charge in [-0.3, -0.25) is 4.68 Å². The second-order valence-corrected chi connectivity index (χ2v) is 4.68. The summed E-state index contributed by atoms with van der Waals surface area (Å²) in [5.41, 5.74) is 9.91. The molecule has 0 amide bonds. The first-order valence-electron chi connectivity index (χ1n) is 6.14. The number of hydrogen-bond acceptors (Lipinski definition) is 2. The van der Waals surface area contributed by atoms with Gasteiger partial charge in [-0.25, -0.2) is 0 Å². The van der Waals surface area contributed by atoms with Crippen LogP contribution in [0.5, 0.6) is 0 Å². The second kappa shape index (κ2) is 4.83. The first-order valence-corrected chi connectivity index (χ1v) is 6.14. The lowest BCUT2D eigenvalue weighted by Crippen LogP contribution is -2.22. The van der Waals surface area contributed by atoms with Crippen LogP contribution in [0, 0.1) is 0 Å². The first-order chi connectivity index (χ1) is 7.69. The van der Waals surface area contributed by atoms with Gasteiger partial charge in [0.05, 0.1) is 5.69 Å². The minimum absolute atomic E-state index is 0.376. The molecular weight excluding hydrogens is 198 g/mol. The quantitative estimate of drug-likeness (QED) is 0.790. The van der Waals surface area contributed by atoms with Crippen LogP contribution in [-0.2, 0) is 19.9 Å². The van der Waals surface area contributed by atoms with Gasteiger partial charge < -0.3 is 5.73 Å². The Morgan fingerprint density at radius 3 is 2.94 bits per heavy atom. The molecule has 0 aliphatic heterocycles. The summed E-state index contributed by atoms with van der Waals surface area (Å²) >= 11 is 0. The molecule has 16 heavy (non-hydrogen) atoms. The predicted octanol–water partition coefficient (Wildman–Crippen LogP) is 1.96. The van der Waals surface area contributed by atoms with Crippen molar-refractivity contribution in [2.75, 3.05) is 0 Å². The SMILES string of the molecule is CCc1cc(CC2=CCC(N)CC2)n(C)n1. The number of aromatic nitrogens is 2. The van der Waals surface area contributed by atoms with Crippen LogP contribution in [-0.4, -0.2) is 15.8 Å². The molecule has 0 bridgehead atoms. The van der Waals surface area contributed by atoms with E-state index in [2.05, 4.69) is 24.2 Å². The minimum Gasteiger partial charge on any atom is -0.327 e. The van der Waals surface area contributed by atoms with Crippen molar-refractivity contribution in [2.45, 2.75) is 45.1 Å².